The quantitative estimate of drug-likeness (QED) is 0.748. The number of carbonyl (C=O) groups is 1. The first-order chi connectivity index (χ1) is 9.94. The normalized spacial score (nSPS) is 11.2. The fraction of sp³-hybridized carbons (Fsp3) is 0.538. The highest BCUT2D eigenvalue weighted by Gasteiger charge is 2.29. The molecule has 0 saturated carbocycles. The van der Waals surface area contributed by atoms with Crippen LogP contribution in [0.15, 0.2) is 18.3 Å². The van der Waals surface area contributed by atoms with Crippen LogP contribution >= 0.6 is 0 Å². The van der Waals surface area contributed by atoms with Crippen LogP contribution in [0, 0.1) is 0 Å². The molecule has 118 valence electrons. The average molecular weight is 306 g/mol. The molecule has 1 N–H and O–H groups in total. The first-order valence-electron chi connectivity index (χ1n) is 6.44. The zero-order chi connectivity index (χ0) is 15.7. The van der Waals surface area contributed by atoms with Crippen LogP contribution < -0.4 is 10.1 Å². The zero-order valence-corrected chi connectivity index (χ0v) is 11.6. The highest BCUT2D eigenvalue weighted by molar-refractivity contribution is 5.96. The first kappa shape index (κ1) is 17.2. The molecule has 1 heterocycles. The summed E-state index contributed by atoms with van der Waals surface area (Å²) in [6.45, 7) is 1.81. The second kappa shape index (κ2) is 8.46. The van der Waals surface area contributed by atoms with E-state index in [4.69, 9.17) is 4.74 Å². The summed E-state index contributed by atoms with van der Waals surface area (Å²) < 4.78 is 46.0. The highest BCUT2D eigenvalue weighted by atomic mass is 19.4. The lowest BCUT2D eigenvalue weighted by Crippen LogP contribution is -2.27. The average Bonchev–Trinajstić information content (AvgIpc) is 2.44. The van der Waals surface area contributed by atoms with Gasteiger partial charge in [0, 0.05) is 26.0 Å². The number of pyridine rings is 1. The van der Waals surface area contributed by atoms with Crippen molar-refractivity contribution in [2.45, 2.75) is 19.5 Å². The SMILES string of the molecule is CCOCCCNC(=O)c1cccnc1OCC(F)(F)F. The van der Waals surface area contributed by atoms with Gasteiger partial charge in [0.1, 0.15) is 5.56 Å². The Bertz CT molecular complexity index is 453. The maximum absolute atomic E-state index is 12.1. The lowest BCUT2D eigenvalue weighted by Gasteiger charge is -2.12. The van der Waals surface area contributed by atoms with E-state index >= 15 is 0 Å². The summed E-state index contributed by atoms with van der Waals surface area (Å²) in [6, 6.07) is 2.81. The fourth-order valence-electron chi connectivity index (χ4n) is 1.44. The van der Waals surface area contributed by atoms with Crippen molar-refractivity contribution in [2.75, 3.05) is 26.4 Å². The molecule has 1 amide bonds. The zero-order valence-electron chi connectivity index (χ0n) is 11.6. The smallest absolute Gasteiger partial charge is 0.422 e. The number of alkyl halides is 3. The van der Waals surface area contributed by atoms with Crippen LogP contribution in [0.2, 0.25) is 0 Å². The molecule has 0 aliphatic rings. The van der Waals surface area contributed by atoms with Crippen LogP contribution in [0.4, 0.5) is 13.2 Å². The first-order valence-corrected chi connectivity index (χ1v) is 6.44. The number of ether oxygens (including phenoxy) is 2. The molecule has 0 bridgehead atoms. The van der Waals surface area contributed by atoms with E-state index < -0.39 is 18.7 Å². The third-order valence-electron chi connectivity index (χ3n) is 2.34. The molecular formula is C13H17F3N2O3. The molecule has 8 heteroatoms. The maximum Gasteiger partial charge on any atom is 0.422 e. The highest BCUT2D eigenvalue weighted by Crippen LogP contribution is 2.19. The number of aromatic nitrogens is 1. The number of nitrogens with zero attached hydrogens (tertiary/aromatic N) is 1. The molecular weight excluding hydrogens is 289 g/mol. The van der Waals surface area contributed by atoms with E-state index in [-0.39, 0.29) is 11.4 Å². The fourth-order valence-corrected chi connectivity index (χ4v) is 1.44. The summed E-state index contributed by atoms with van der Waals surface area (Å²) in [5.41, 5.74) is -0.0295. The molecule has 0 radical (unpaired) electrons. The van der Waals surface area contributed by atoms with E-state index in [1.54, 1.807) is 0 Å². The Morgan fingerprint density at radius 2 is 2.19 bits per heavy atom. The molecule has 0 aromatic carbocycles. The van der Waals surface area contributed by atoms with Gasteiger partial charge in [0.05, 0.1) is 0 Å². The van der Waals surface area contributed by atoms with E-state index in [0.717, 1.165) is 0 Å². The number of hydrogen-bond acceptors (Lipinski definition) is 4. The monoisotopic (exact) mass is 306 g/mol. The summed E-state index contributed by atoms with van der Waals surface area (Å²) in [6.07, 6.45) is -2.61. The predicted molar refractivity (Wildman–Crippen MR) is 69.2 cm³/mol. The number of hydrogen-bond donors (Lipinski definition) is 1. The lowest BCUT2D eigenvalue weighted by atomic mass is 10.2. The third-order valence-corrected chi connectivity index (χ3v) is 2.34. The Balaban J connectivity index is 2.54. The Morgan fingerprint density at radius 3 is 2.86 bits per heavy atom. The van der Waals surface area contributed by atoms with Crippen molar-refractivity contribution in [3.8, 4) is 5.88 Å². The molecule has 21 heavy (non-hydrogen) atoms. The van der Waals surface area contributed by atoms with Gasteiger partial charge in [-0.1, -0.05) is 0 Å². The minimum atomic E-state index is -4.48. The number of rotatable bonds is 8. The predicted octanol–water partition coefficient (Wildman–Crippen LogP) is 2.18. The van der Waals surface area contributed by atoms with Gasteiger partial charge in [-0.05, 0) is 25.5 Å². The molecule has 0 aliphatic heterocycles. The Labute approximate surface area is 120 Å². The molecule has 0 spiro atoms. The number of nitrogens with one attached hydrogen (secondary N) is 1. The summed E-state index contributed by atoms with van der Waals surface area (Å²) in [4.78, 5) is 15.5. The van der Waals surface area contributed by atoms with Gasteiger partial charge in [-0.25, -0.2) is 4.98 Å². The molecule has 5 nitrogen and oxygen atoms in total. The van der Waals surface area contributed by atoms with E-state index in [0.29, 0.717) is 26.2 Å². The van der Waals surface area contributed by atoms with E-state index in [9.17, 15) is 18.0 Å². The second-order valence-electron chi connectivity index (χ2n) is 4.07. The summed E-state index contributed by atoms with van der Waals surface area (Å²) >= 11 is 0. The van der Waals surface area contributed by atoms with Gasteiger partial charge in [-0.15, -0.1) is 0 Å². The topological polar surface area (TPSA) is 60.5 Å². The Hall–Kier alpha value is -1.83. The lowest BCUT2D eigenvalue weighted by molar-refractivity contribution is -0.154. The summed E-state index contributed by atoms with van der Waals surface area (Å²) in [5.74, 6) is -0.867. The van der Waals surface area contributed by atoms with Crippen molar-refractivity contribution in [3.63, 3.8) is 0 Å². The molecule has 1 rings (SSSR count). The summed E-state index contributed by atoms with van der Waals surface area (Å²) in [5, 5.41) is 2.58. The second-order valence-corrected chi connectivity index (χ2v) is 4.07. The molecule has 0 atom stereocenters. The van der Waals surface area contributed by atoms with Crippen LogP contribution in [-0.4, -0.2) is 43.4 Å². The van der Waals surface area contributed by atoms with Crippen molar-refractivity contribution in [1.29, 1.82) is 0 Å². The van der Waals surface area contributed by atoms with Gasteiger partial charge in [0.25, 0.3) is 5.91 Å². The summed E-state index contributed by atoms with van der Waals surface area (Å²) in [7, 11) is 0. The third kappa shape index (κ3) is 6.94. The molecule has 0 fully saturated rings. The van der Waals surface area contributed by atoms with Crippen LogP contribution in [0.3, 0.4) is 0 Å². The molecule has 1 aromatic heterocycles. The van der Waals surface area contributed by atoms with E-state index in [1.807, 2.05) is 6.92 Å². The van der Waals surface area contributed by atoms with Crippen molar-refractivity contribution < 1.29 is 27.4 Å². The van der Waals surface area contributed by atoms with E-state index in [2.05, 4.69) is 15.0 Å². The van der Waals surface area contributed by atoms with Crippen LogP contribution in [0.25, 0.3) is 0 Å². The van der Waals surface area contributed by atoms with Gasteiger partial charge in [-0.3, -0.25) is 4.79 Å². The number of amides is 1. The van der Waals surface area contributed by atoms with Crippen molar-refractivity contribution in [2.24, 2.45) is 0 Å². The standard InChI is InChI=1S/C13H17F3N2O3/c1-2-20-8-4-7-17-11(19)10-5-3-6-18-12(10)21-9-13(14,15)16/h3,5-6H,2,4,7-9H2,1H3,(H,17,19). The van der Waals surface area contributed by atoms with Gasteiger partial charge in [0.15, 0.2) is 6.61 Å². The van der Waals surface area contributed by atoms with Crippen molar-refractivity contribution >= 4 is 5.91 Å². The molecule has 1 aromatic rings. The van der Waals surface area contributed by atoms with Crippen LogP contribution in [0.1, 0.15) is 23.7 Å². The minimum Gasteiger partial charge on any atom is -0.467 e. The Kier molecular flexibility index (Phi) is 6.93. The molecule has 0 unspecified atom stereocenters. The van der Waals surface area contributed by atoms with Gasteiger partial charge in [0.2, 0.25) is 5.88 Å². The molecule has 0 saturated heterocycles. The maximum atomic E-state index is 12.1. The number of carbonyl (C=O) groups excluding carboxylic acids is 1. The van der Waals surface area contributed by atoms with Gasteiger partial charge in [-0.2, -0.15) is 13.2 Å². The van der Waals surface area contributed by atoms with Crippen molar-refractivity contribution in [3.05, 3.63) is 23.9 Å². The van der Waals surface area contributed by atoms with Gasteiger partial charge < -0.3 is 14.8 Å². The van der Waals surface area contributed by atoms with Crippen LogP contribution in [0.5, 0.6) is 5.88 Å². The Morgan fingerprint density at radius 1 is 1.43 bits per heavy atom. The van der Waals surface area contributed by atoms with Gasteiger partial charge >= 0.3 is 6.18 Å². The van der Waals surface area contributed by atoms with Crippen molar-refractivity contribution in [1.82, 2.24) is 10.3 Å². The van der Waals surface area contributed by atoms with Crippen LogP contribution in [-0.2, 0) is 4.74 Å². The largest absolute Gasteiger partial charge is 0.467 e. The number of halogens is 3. The van der Waals surface area contributed by atoms with E-state index in [1.165, 1.54) is 18.3 Å². The minimum absolute atomic E-state index is 0.0295. The molecule has 0 aliphatic carbocycles.